The summed E-state index contributed by atoms with van der Waals surface area (Å²) in [4.78, 5) is 28.0. The number of nitrogens with zero attached hydrogens (tertiary/aromatic N) is 4. The van der Waals surface area contributed by atoms with Crippen molar-refractivity contribution in [3.63, 3.8) is 0 Å². The molecule has 3 atom stereocenters. The molecule has 0 spiro atoms. The van der Waals surface area contributed by atoms with Crippen LogP contribution < -0.4 is 4.90 Å². The number of thiazole rings is 1. The van der Waals surface area contributed by atoms with E-state index in [1.54, 1.807) is 11.3 Å². The van der Waals surface area contributed by atoms with E-state index < -0.39 is 0 Å². The Bertz CT molecular complexity index is 1260. The lowest BCUT2D eigenvalue weighted by Gasteiger charge is -2.30. The second-order valence-corrected chi connectivity index (χ2v) is 10.0. The summed E-state index contributed by atoms with van der Waals surface area (Å²) in [5.41, 5.74) is 3.26. The van der Waals surface area contributed by atoms with Gasteiger partial charge in [0.2, 0.25) is 0 Å². The number of hydrogen-bond acceptors (Lipinski definition) is 6. The summed E-state index contributed by atoms with van der Waals surface area (Å²) in [6.45, 7) is 3.47. The molecule has 1 aliphatic heterocycles. The zero-order chi connectivity index (χ0) is 21.8. The smallest absolute Gasteiger partial charge is 0.298 e. The van der Waals surface area contributed by atoms with Crippen LogP contribution in [0.2, 0.25) is 0 Å². The van der Waals surface area contributed by atoms with Gasteiger partial charge in [0.15, 0.2) is 5.58 Å². The maximum absolute atomic E-state index is 13.7. The van der Waals surface area contributed by atoms with Gasteiger partial charge in [0.05, 0.1) is 15.9 Å². The van der Waals surface area contributed by atoms with Crippen LogP contribution in [0.25, 0.3) is 21.5 Å². The van der Waals surface area contributed by atoms with Crippen molar-refractivity contribution in [3.05, 3.63) is 65.3 Å². The second kappa shape index (κ2) is 7.45. The third-order valence-electron chi connectivity index (χ3n) is 6.61. The van der Waals surface area contributed by atoms with Crippen LogP contribution in [-0.4, -0.2) is 47.0 Å². The van der Waals surface area contributed by atoms with Crippen LogP contribution in [-0.2, 0) is 0 Å². The normalized spacial score (nSPS) is 21.7. The number of aryl methyl sites for hydroxylation is 1. The lowest BCUT2D eigenvalue weighted by Crippen LogP contribution is -2.45. The SMILES string of the molecule is Cc1nc(C(=O)N2CC3CC3C2CN(C)c2nc3ccccc3o2)c(-c2ccccc2)s1. The van der Waals surface area contributed by atoms with Gasteiger partial charge in [0.25, 0.3) is 11.9 Å². The average Bonchev–Trinajstić information content (AvgIpc) is 3.12. The van der Waals surface area contributed by atoms with Gasteiger partial charge in [-0.15, -0.1) is 11.3 Å². The quantitative estimate of drug-likeness (QED) is 0.440. The van der Waals surface area contributed by atoms with Gasteiger partial charge < -0.3 is 14.2 Å². The highest BCUT2D eigenvalue weighted by Gasteiger charge is 2.54. The topological polar surface area (TPSA) is 62.5 Å². The molecule has 4 aromatic rings. The number of fused-ring (bicyclic) bond motifs is 2. The molecule has 6 nitrogen and oxygen atoms in total. The van der Waals surface area contributed by atoms with Crippen LogP contribution in [0.1, 0.15) is 21.9 Å². The molecule has 0 N–H and O–H groups in total. The Morgan fingerprint density at radius 2 is 1.94 bits per heavy atom. The zero-order valence-corrected chi connectivity index (χ0v) is 18.9. The molecule has 2 aromatic heterocycles. The number of anilines is 1. The van der Waals surface area contributed by atoms with Gasteiger partial charge in [-0.2, -0.15) is 4.98 Å². The minimum Gasteiger partial charge on any atom is -0.423 e. The van der Waals surface area contributed by atoms with Crippen molar-refractivity contribution in [2.45, 2.75) is 19.4 Å². The van der Waals surface area contributed by atoms with Gasteiger partial charge in [-0.3, -0.25) is 4.79 Å². The minimum absolute atomic E-state index is 0.0383. The number of carbonyl (C=O) groups excluding carboxylic acids is 1. The molecule has 2 aliphatic rings. The maximum atomic E-state index is 13.7. The summed E-state index contributed by atoms with van der Waals surface area (Å²) in [5, 5.41) is 0.914. The molecular weight excluding hydrogens is 420 g/mol. The van der Waals surface area contributed by atoms with E-state index in [0.717, 1.165) is 33.1 Å². The van der Waals surface area contributed by atoms with Crippen LogP contribution in [0.15, 0.2) is 59.0 Å². The van der Waals surface area contributed by atoms with Gasteiger partial charge >= 0.3 is 0 Å². The van der Waals surface area contributed by atoms with Crippen molar-refractivity contribution >= 4 is 34.4 Å². The van der Waals surface area contributed by atoms with E-state index in [2.05, 4.69) is 9.97 Å². The van der Waals surface area contributed by atoms with Crippen molar-refractivity contribution in [2.24, 2.45) is 11.8 Å². The van der Waals surface area contributed by atoms with Crippen molar-refractivity contribution in [3.8, 4) is 10.4 Å². The highest BCUT2D eigenvalue weighted by atomic mass is 32.1. The fourth-order valence-corrected chi connectivity index (χ4v) is 5.83. The molecular formula is C25H24N4O2S. The number of aromatic nitrogens is 2. The number of likely N-dealkylation sites (N-methyl/N-ethyl adjacent to an activating group) is 1. The number of rotatable bonds is 5. The van der Waals surface area contributed by atoms with Crippen LogP contribution in [0.5, 0.6) is 0 Å². The molecule has 7 heteroatoms. The predicted octanol–water partition coefficient (Wildman–Crippen LogP) is 4.86. The highest BCUT2D eigenvalue weighted by Crippen LogP contribution is 2.50. The van der Waals surface area contributed by atoms with E-state index >= 15 is 0 Å². The molecule has 1 amide bonds. The average molecular weight is 445 g/mol. The predicted molar refractivity (Wildman–Crippen MR) is 126 cm³/mol. The number of amides is 1. The van der Waals surface area contributed by atoms with E-state index in [4.69, 9.17) is 4.42 Å². The highest BCUT2D eigenvalue weighted by molar-refractivity contribution is 7.15. The molecule has 0 radical (unpaired) electrons. The van der Waals surface area contributed by atoms with Crippen LogP contribution in [0.3, 0.4) is 0 Å². The fraction of sp³-hybridized carbons (Fsp3) is 0.320. The molecule has 32 heavy (non-hydrogen) atoms. The first-order valence-corrected chi connectivity index (χ1v) is 11.8. The third-order valence-corrected chi connectivity index (χ3v) is 7.63. The van der Waals surface area contributed by atoms with Crippen molar-refractivity contribution < 1.29 is 9.21 Å². The second-order valence-electron chi connectivity index (χ2n) is 8.81. The van der Waals surface area contributed by atoms with Gasteiger partial charge in [0.1, 0.15) is 11.2 Å². The van der Waals surface area contributed by atoms with Crippen LogP contribution >= 0.6 is 11.3 Å². The molecule has 2 aromatic carbocycles. The summed E-state index contributed by atoms with van der Waals surface area (Å²) in [6.07, 6.45) is 1.19. The third kappa shape index (κ3) is 3.28. The molecule has 1 aliphatic carbocycles. The van der Waals surface area contributed by atoms with Gasteiger partial charge in [-0.05, 0) is 42.9 Å². The van der Waals surface area contributed by atoms with E-state index in [1.807, 2.05) is 78.4 Å². The molecule has 2 fully saturated rings. The van der Waals surface area contributed by atoms with Crippen LogP contribution in [0, 0.1) is 18.8 Å². The van der Waals surface area contributed by atoms with Crippen molar-refractivity contribution in [1.82, 2.24) is 14.9 Å². The number of likely N-dealkylation sites (tertiary alicyclic amines) is 1. The van der Waals surface area contributed by atoms with Crippen molar-refractivity contribution in [2.75, 3.05) is 25.0 Å². The first-order chi connectivity index (χ1) is 15.6. The standard InChI is InChI=1S/C25H24N4O2S/c1-15-26-22(23(32-15)16-8-4-3-5-9-16)24(30)29-13-17-12-18(17)20(29)14-28(2)25-27-19-10-6-7-11-21(19)31-25/h3-11,17-18,20H,12-14H2,1-2H3. The first kappa shape index (κ1) is 19.5. The molecule has 162 valence electrons. The fourth-order valence-electron chi connectivity index (χ4n) is 4.91. The number of oxazole rings is 1. The number of hydrogen-bond donors (Lipinski definition) is 0. The van der Waals surface area contributed by atoms with Gasteiger partial charge in [-0.25, -0.2) is 4.98 Å². The summed E-state index contributed by atoms with van der Waals surface area (Å²) < 4.78 is 5.95. The molecule has 1 saturated carbocycles. The Kier molecular flexibility index (Phi) is 4.54. The number of piperidine rings is 1. The number of carbonyl (C=O) groups is 1. The molecule has 3 heterocycles. The van der Waals surface area contributed by atoms with Crippen LogP contribution in [0.4, 0.5) is 6.01 Å². The monoisotopic (exact) mass is 444 g/mol. The molecule has 0 bridgehead atoms. The Morgan fingerprint density at radius 1 is 1.16 bits per heavy atom. The summed E-state index contributed by atoms with van der Waals surface area (Å²) >= 11 is 1.59. The molecule has 3 unspecified atom stereocenters. The van der Waals surface area contributed by atoms with E-state index in [9.17, 15) is 4.79 Å². The van der Waals surface area contributed by atoms with E-state index in [1.165, 1.54) is 6.42 Å². The largest absolute Gasteiger partial charge is 0.423 e. The summed E-state index contributed by atoms with van der Waals surface area (Å²) in [7, 11) is 1.99. The summed E-state index contributed by atoms with van der Waals surface area (Å²) in [6, 6.07) is 18.6. The molecule has 1 saturated heterocycles. The lowest BCUT2D eigenvalue weighted by molar-refractivity contribution is 0.0706. The minimum atomic E-state index is 0.0383. The Balaban J connectivity index is 1.27. The van der Waals surface area contributed by atoms with E-state index in [-0.39, 0.29) is 11.9 Å². The van der Waals surface area contributed by atoms with E-state index in [0.29, 0.717) is 30.1 Å². The first-order valence-electron chi connectivity index (χ1n) is 11.0. The summed E-state index contributed by atoms with van der Waals surface area (Å²) in [5.74, 6) is 1.18. The van der Waals surface area contributed by atoms with Gasteiger partial charge in [0, 0.05) is 20.1 Å². The lowest BCUT2D eigenvalue weighted by atomic mass is 10.1. The Morgan fingerprint density at radius 3 is 2.75 bits per heavy atom. The molecule has 6 rings (SSSR count). The maximum Gasteiger partial charge on any atom is 0.298 e. The van der Waals surface area contributed by atoms with Crippen molar-refractivity contribution in [1.29, 1.82) is 0 Å². The number of benzene rings is 2. The Labute approximate surface area is 190 Å². The van der Waals surface area contributed by atoms with Gasteiger partial charge in [-0.1, -0.05) is 42.5 Å². The number of para-hydroxylation sites is 2. The Hall–Kier alpha value is -3.19. The zero-order valence-electron chi connectivity index (χ0n) is 18.1.